The zero-order chi connectivity index (χ0) is 26.6. The number of ether oxygens (including phenoxy) is 2. The Labute approximate surface area is 215 Å². The van der Waals surface area contributed by atoms with Gasteiger partial charge in [0.1, 0.15) is 30.1 Å². The number of rotatable bonds is 8. The molecule has 0 radical (unpaired) electrons. The smallest absolute Gasteiger partial charge is 0.408 e. The first kappa shape index (κ1) is 25.9. The summed E-state index contributed by atoms with van der Waals surface area (Å²) >= 11 is 0. The number of fused-ring (bicyclic) bond motifs is 1. The molecule has 4 rings (SSSR count). The minimum absolute atomic E-state index is 0.0576. The van der Waals surface area contributed by atoms with Crippen LogP contribution in [0.2, 0.25) is 0 Å². The zero-order valence-corrected chi connectivity index (χ0v) is 21.4. The van der Waals surface area contributed by atoms with Gasteiger partial charge in [0.15, 0.2) is 0 Å². The number of oxime groups is 1. The van der Waals surface area contributed by atoms with E-state index < -0.39 is 29.8 Å². The van der Waals surface area contributed by atoms with Crippen LogP contribution in [0.25, 0.3) is 10.9 Å². The van der Waals surface area contributed by atoms with Crippen LogP contribution in [0.3, 0.4) is 0 Å². The molecule has 2 N–H and O–H groups in total. The minimum atomic E-state index is -1.17. The number of benzene rings is 2. The molecule has 3 aromatic rings. The van der Waals surface area contributed by atoms with Crippen molar-refractivity contribution >= 4 is 28.7 Å². The predicted molar refractivity (Wildman–Crippen MR) is 139 cm³/mol. The lowest BCUT2D eigenvalue weighted by Gasteiger charge is -2.22. The number of nitrogens with zero attached hydrogens (tertiary/aromatic N) is 2. The maximum absolute atomic E-state index is 12.0. The third-order valence-corrected chi connectivity index (χ3v) is 5.73. The molecule has 0 bridgehead atoms. The van der Waals surface area contributed by atoms with Crippen LogP contribution in [0, 0.1) is 6.92 Å². The number of aryl methyl sites for hydroxylation is 1. The monoisotopic (exact) mass is 505 g/mol. The molecule has 194 valence electrons. The Kier molecular flexibility index (Phi) is 7.61. The average Bonchev–Trinajstić information content (AvgIpc) is 3.29. The first-order valence-corrected chi connectivity index (χ1v) is 12.1. The molecule has 0 fully saturated rings. The van der Waals surface area contributed by atoms with Crippen LogP contribution in [0.15, 0.2) is 59.8 Å². The summed E-state index contributed by atoms with van der Waals surface area (Å²) in [5.74, 6) is -0.451. The molecular formula is C28H31N3O6. The number of carboxylic acid groups (broad SMARTS) is 1. The van der Waals surface area contributed by atoms with Gasteiger partial charge in [0, 0.05) is 29.5 Å². The number of amides is 1. The van der Waals surface area contributed by atoms with Gasteiger partial charge in [0.25, 0.3) is 0 Å². The molecule has 0 saturated heterocycles. The standard InChI is InChI=1S/C28H31N3O6/c1-17-13-19(22-7-5-6-8-23(22)29-17)16-35-20-11-9-18(10-12-20)24-14-21(37-31-24)15-25(26(32)33)30-27(34)36-28(2,3)4/h5-13,21,25H,14-16H2,1-4H3,(H,30,34)(H,32,33). The van der Waals surface area contributed by atoms with Gasteiger partial charge >= 0.3 is 12.1 Å². The Morgan fingerprint density at radius 1 is 1.16 bits per heavy atom. The van der Waals surface area contributed by atoms with E-state index in [1.54, 1.807) is 20.8 Å². The van der Waals surface area contributed by atoms with Crippen molar-refractivity contribution in [2.45, 2.75) is 64.9 Å². The minimum Gasteiger partial charge on any atom is -0.489 e. The SMILES string of the molecule is Cc1cc(COc2ccc(C3=NOC(CC(NC(=O)OC(C)(C)C)C(=O)O)C3)cc2)c2ccccc2n1. The highest BCUT2D eigenvalue weighted by Crippen LogP contribution is 2.24. The number of hydrogen-bond donors (Lipinski definition) is 2. The fourth-order valence-corrected chi connectivity index (χ4v) is 4.08. The largest absolute Gasteiger partial charge is 0.489 e. The fraction of sp³-hybridized carbons (Fsp3) is 0.357. The van der Waals surface area contributed by atoms with E-state index in [0.29, 0.717) is 24.5 Å². The van der Waals surface area contributed by atoms with Crippen molar-refractivity contribution < 1.29 is 29.0 Å². The van der Waals surface area contributed by atoms with E-state index in [9.17, 15) is 14.7 Å². The molecular weight excluding hydrogens is 474 g/mol. The Morgan fingerprint density at radius 3 is 2.59 bits per heavy atom. The van der Waals surface area contributed by atoms with E-state index in [1.807, 2.05) is 61.5 Å². The van der Waals surface area contributed by atoms with Crippen molar-refractivity contribution in [3.63, 3.8) is 0 Å². The second-order valence-corrected chi connectivity index (χ2v) is 10.00. The van der Waals surface area contributed by atoms with Crippen LogP contribution in [0.1, 0.15) is 50.4 Å². The molecule has 1 aliphatic rings. The normalized spacial score (nSPS) is 16.0. The first-order chi connectivity index (χ1) is 17.6. The number of aliphatic carboxylic acids is 1. The van der Waals surface area contributed by atoms with Gasteiger partial charge in [-0.1, -0.05) is 23.4 Å². The van der Waals surface area contributed by atoms with Crippen LogP contribution in [0.5, 0.6) is 5.75 Å². The molecule has 0 spiro atoms. The van der Waals surface area contributed by atoms with Crippen molar-refractivity contribution in [3.8, 4) is 5.75 Å². The molecule has 9 nitrogen and oxygen atoms in total. The number of hydrogen-bond acceptors (Lipinski definition) is 7. The van der Waals surface area contributed by atoms with E-state index in [4.69, 9.17) is 14.3 Å². The third-order valence-electron chi connectivity index (χ3n) is 5.73. The Morgan fingerprint density at radius 2 is 1.89 bits per heavy atom. The van der Waals surface area contributed by atoms with Crippen LogP contribution < -0.4 is 10.1 Å². The number of alkyl carbamates (subject to hydrolysis) is 1. The second-order valence-electron chi connectivity index (χ2n) is 10.00. The molecule has 37 heavy (non-hydrogen) atoms. The number of para-hydroxylation sites is 1. The van der Waals surface area contributed by atoms with Gasteiger partial charge in [-0.25, -0.2) is 9.59 Å². The van der Waals surface area contributed by atoms with Gasteiger partial charge in [-0.3, -0.25) is 4.98 Å². The van der Waals surface area contributed by atoms with Gasteiger partial charge in [-0.15, -0.1) is 0 Å². The van der Waals surface area contributed by atoms with Crippen LogP contribution in [-0.2, 0) is 21.0 Å². The molecule has 2 heterocycles. The number of aromatic nitrogens is 1. The highest BCUT2D eigenvalue weighted by Gasteiger charge is 2.31. The first-order valence-electron chi connectivity index (χ1n) is 12.1. The second kappa shape index (κ2) is 10.9. The third kappa shape index (κ3) is 6.97. The van der Waals surface area contributed by atoms with Crippen LogP contribution in [-0.4, -0.2) is 45.6 Å². The summed E-state index contributed by atoms with van der Waals surface area (Å²) < 4.78 is 11.2. The van der Waals surface area contributed by atoms with Crippen molar-refractivity contribution in [2.75, 3.05) is 0 Å². The number of pyridine rings is 1. The van der Waals surface area contributed by atoms with Crippen molar-refractivity contribution in [1.82, 2.24) is 10.3 Å². The van der Waals surface area contributed by atoms with E-state index in [1.165, 1.54) is 0 Å². The number of nitrogens with one attached hydrogen (secondary N) is 1. The van der Waals surface area contributed by atoms with Gasteiger partial charge in [0.2, 0.25) is 0 Å². The summed E-state index contributed by atoms with van der Waals surface area (Å²) in [5.41, 5.74) is 3.77. The summed E-state index contributed by atoms with van der Waals surface area (Å²) in [6.07, 6.45) is -0.792. The maximum Gasteiger partial charge on any atom is 0.408 e. The molecule has 1 amide bonds. The lowest BCUT2D eigenvalue weighted by molar-refractivity contribution is -0.140. The van der Waals surface area contributed by atoms with Crippen molar-refractivity contribution in [1.29, 1.82) is 0 Å². The quantitative estimate of drug-likeness (QED) is 0.443. The summed E-state index contributed by atoms with van der Waals surface area (Å²) in [5, 5.41) is 17.1. The lowest BCUT2D eigenvalue weighted by atomic mass is 10.0. The maximum atomic E-state index is 12.0. The molecule has 1 aromatic heterocycles. The average molecular weight is 506 g/mol. The van der Waals surface area contributed by atoms with Crippen LogP contribution >= 0.6 is 0 Å². The van der Waals surface area contributed by atoms with Crippen LogP contribution in [0.4, 0.5) is 4.79 Å². The number of carboxylic acids is 1. The molecule has 2 atom stereocenters. The highest BCUT2D eigenvalue weighted by atomic mass is 16.6. The van der Waals surface area contributed by atoms with Gasteiger partial charge < -0.3 is 24.7 Å². The molecule has 2 unspecified atom stereocenters. The topological polar surface area (TPSA) is 119 Å². The van der Waals surface area contributed by atoms with Gasteiger partial charge in [-0.05, 0) is 69.7 Å². The summed E-state index contributed by atoms with van der Waals surface area (Å²) in [6, 6.07) is 16.4. The molecule has 0 aliphatic carbocycles. The lowest BCUT2D eigenvalue weighted by Crippen LogP contribution is -2.45. The van der Waals surface area contributed by atoms with Gasteiger partial charge in [-0.2, -0.15) is 0 Å². The number of carbonyl (C=O) groups is 2. The highest BCUT2D eigenvalue weighted by molar-refractivity contribution is 6.01. The van der Waals surface area contributed by atoms with Crippen molar-refractivity contribution in [3.05, 3.63) is 71.4 Å². The van der Waals surface area contributed by atoms with E-state index in [2.05, 4.69) is 15.5 Å². The molecule has 9 heteroatoms. The summed E-state index contributed by atoms with van der Waals surface area (Å²) in [6.45, 7) is 7.51. The van der Waals surface area contributed by atoms with E-state index in [-0.39, 0.29) is 6.42 Å². The molecule has 1 aliphatic heterocycles. The summed E-state index contributed by atoms with van der Waals surface area (Å²) in [7, 11) is 0. The van der Waals surface area contributed by atoms with E-state index in [0.717, 1.165) is 27.7 Å². The number of carbonyl (C=O) groups excluding carboxylic acids is 1. The van der Waals surface area contributed by atoms with E-state index >= 15 is 0 Å². The summed E-state index contributed by atoms with van der Waals surface area (Å²) in [4.78, 5) is 33.7. The van der Waals surface area contributed by atoms with Gasteiger partial charge in [0.05, 0.1) is 11.2 Å². The Bertz CT molecular complexity index is 1310. The zero-order valence-electron chi connectivity index (χ0n) is 21.4. The predicted octanol–water partition coefficient (Wildman–Crippen LogP) is 4.98. The molecule has 0 saturated carbocycles. The van der Waals surface area contributed by atoms with Crippen molar-refractivity contribution in [2.24, 2.45) is 5.16 Å². The Balaban J connectivity index is 1.33. The fourth-order valence-electron chi connectivity index (χ4n) is 4.08. The Hall–Kier alpha value is -4.14. The molecule has 2 aromatic carbocycles.